The van der Waals surface area contributed by atoms with Crippen molar-refractivity contribution in [3.63, 3.8) is 0 Å². The smallest absolute Gasteiger partial charge is 0 e. The summed E-state index contributed by atoms with van der Waals surface area (Å²) >= 11 is 0. The second-order valence-corrected chi connectivity index (χ2v) is 0. The van der Waals surface area contributed by atoms with Crippen molar-refractivity contribution in [2.45, 2.75) is 0 Å². The summed E-state index contributed by atoms with van der Waals surface area (Å²) in [6, 6.07) is 0. The minimum Gasteiger partial charge on any atom is 0 e. The van der Waals surface area contributed by atoms with Crippen molar-refractivity contribution in [3.05, 3.63) is 0 Å². The molecule has 0 aromatic carbocycles. The second kappa shape index (κ2) is 17.5. The molecule has 0 amide bonds. The molecule has 0 aliphatic heterocycles. The third-order valence-corrected chi connectivity index (χ3v) is 0. The zero-order valence-corrected chi connectivity index (χ0v) is 11.6. The van der Waals surface area contributed by atoms with Crippen molar-refractivity contribution in [2.75, 3.05) is 0 Å². The molecule has 0 aliphatic carbocycles. The van der Waals surface area contributed by atoms with Crippen molar-refractivity contribution >= 4 is 45.3 Å². The molecular weight excluding hydrogens is 411 g/mol. The van der Waals surface area contributed by atoms with E-state index in [9.17, 15) is 0 Å². The van der Waals surface area contributed by atoms with Gasteiger partial charge in [0.25, 0.3) is 0 Å². The number of rotatable bonds is 0. The first-order chi connectivity index (χ1) is 0. The van der Waals surface area contributed by atoms with Gasteiger partial charge in [-0.2, -0.15) is 0 Å². The van der Waals surface area contributed by atoms with E-state index in [1.807, 2.05) is 0 Å². The van der Waals surface area contributed by atoms with Crippen molar-refractivity contribution in [2.24, 2.45) is 0 Å². The summed E-state index contributed by atoms with van der Waals surface area (Å²) in [5, 5.41) is 0. The Morgan fingerprint density at radius 2 is 1.00 bits per heavy atom. The molecule has 0 spiro atoms. The topological polar surface area (TPSA) is 0 Å². The average molecular weight is 411 g/mol. The van der Waals surface area contributed by atoms with Crippen LogP contribution in [0.1, 0.15) is 0 Å². The molecule has 0 bridgehead atoms. The summed E-state index contributed by atoms with van der Waals surface area (Å²) in [4.78, 5) is 0. The Morgan fingerprint density at radius 3 is 1.00 bits per heavy atom. The minimum atomic E-state index is 0. The van der Waals surface area contributed by atoms with E-state index in [-0.39, 0.29) is 81.8 Å². The van der Waals surface area contributed by atoms with Crippen LogP contribution in [-0.2, 0) is 36.5 Å². The van der Waals surface area contributed by atoms with Gasteiger partial charge < -0.3 is 0 Å². The third-order valence-electron chi connectivity index (χ3n) is 0. The standard InChI is InChI=1S/As.Cu.Pb.Zn. The summed E-state index contributed by atoms with van der Waals surface area (Å²) in [5.41, 5.74) is 0. The molecule has 8 radical (unpaired) electrons. The first-order valence-electron chi connectivity index (χ1n) is 0. The Hall–Kier alpha value is 2.62. The van der Waals surface area contributed by atoms with Gasteiger partial charge in [-0.05, 0) is 0 Å². The van der Waals surface area contributed by atoms with E-state index in [1.54, 1.807) is 0 Å². The quantitative estimate of drug-likeness (QED) is 0.460. The summed E-state index contributed by atoms with van der Waals surface area (Å²) in [7, 11) is 0. The van der Waals surface area contributed by atoms with E-state index in [1.165, 1.54) is 0 Å². The number of hydrogen-bond acceptors (Lipinski definition) is 0. The van der Waals surface area contributed by atoms with Crippen LogP contribution in [0.2, 0.25) is 0 Å². The van der Waals surface area contributed by atoms with Crippen LogP contribution in [0.15, 0.2) is 0 Å². The predicted octanol–water partition coefficient (Wildman–Crippen LogP) is -0.767. The molecule has 4 heavy (non-hydrogen) atoms. The molecule has 0 aliphatic rings. The molecule has 0 rings (SSSR count). The minimum absolute atomic E-state index is 0. The molecule has 0 nitrogen and oxygen atoms in total. The van der Waals surface area contributed by atoms with E-state index < -0.39 is 0 Å². The van der Waals surface area contributed by atoms with E-state index in [2.05, 4.69) is 0 Å². The van der Waals surface area contributed by atoms with Crippen LogP contribution in [0.5, 0.6) is 0 Å². The Labute approximate surface area is 80.6 Å². The SMILES string of the molecule is [As].[Cu].[Pb].[Zn]. The molecular formula is AsCuPbZn. The van der Waals surface area contributed by atoms with E-state index in [0.29, 0.717) is 0 Å². The van der Waals surface area contributed by atoms with Crippen molar-refractivity contribution in [1.82, 2.24) is 0 Å². The van der Waals surface area contributed by atoms with E-state index >= 15 is 0 Å². The third kappa shape index (κ3) is 8.82. The zero-order chi connectivity index (χ0) is 0. The summed E-state index contributed by atoms with van der Waals surface area (Å²) in [6.07, 6.45) is 0. The Morgan fingerprint density at radius 1 is 1.00 bits per heavy atom. The summed E-state index contributed by atoms with van der Waals surface area (Å²) in [5.74, 6) is 0. The Kier molecular flexibility index (Phi) is 133. The maximum atomic E-state index is 0. The van der Waals surface area contributed by atoms with E-state index in [0.717, 1.165) is 0 Å². The van der Waals surface area contributed by atoms with Crippen LogP contribution < -0.4 is 0 Å². The van der Waals surface area contributed by atoms with Gasteiger partial charge in [0.1, 0.15) is 0 Å². The van der Waals surface area contributed by atoms with Crippen molar-refractivity contribution in [3.8, 4) is 0 Å². The molecule has 0 aromatic rings. The first kappa shape index (κ1) is 30.4. The molecule has 0 fully saturated rings. The van der Waals surface area contributed by atoms with Crippen LogP contribution in [0.4, 0.5) is 0 Å². The molecule has 0 saturated carbocycles. The number of hydrogen-bond donors (Lipinski definition) is 0. The Balaban J connectivity index is 0. The largest absolute Gasteiger partial charge is 0 e. The molecule has 0 aromatic heterocycles. The van der Waals surface area contributed by atoms with Crippen LogP contribution in [-0.4, -0.2) is 45.3 Å². The van der Waals surface area contributed by atoms with E-state index in [4.69, 9.17) is 0 Å². The second-order valence-electron chi connectivity index (χ2n) is 0. The average Bonchev–Trinajstić information content (AvgIpc) is 0. The zero-order valence-electron chi connectivity index (χ0n) is 1.96. The van der Waals surface area contributed by atoms with Gasteiger partial charge in [0.15, 0.2) is 0 Å². The van der Waals surface area contributed by atoms with Crippen LogP contribution in [0, 0.1) is 0 Å². The fourth-order valence-electron chi connectivity index (χ4n) is 0. The maximum Gasteiger partial charge on any atom is 0 e. The Bertz CT molecular complexity index is 8.00. The van der Waals surface area contributed by atoms with Gasteiger partial charge in [-0.1, -0.05) is 0 Å². The summed E-state index contributed by atoms with van der Waals surface area (Å²) in [6.45, 7) is 0. The van der Waals surface area contributed by atoms with Gasteiger partial charge in [0.05, 0.1) is 0 Å². The maximum absolute atomic E-state index is 0. The van der Waals surface area contributed by atoms with Crippen molar-refractivity contribution < 1.29 is 36.5 Å². The van der Waals surface area contributed by atoms with Gasteiger partial charge >= 0.3 is 0 Å². The van der Waals surface area contributed by atoms with Gasteiger partial charge in [-0.25, -0.2) is 0 Å². The molecule has 0 heterocycles. The molecule has 22 valence electrons. The fraction of sp³-hybridized carbons (Fsp3) is 0. The molecule has 0 atom stereocenters. The molecule has 4 heteroatoms. The molecule has 0 unspecified atom stereocenters. The van der Waals surface area contributed by atoms with Gasteiger partial charge in [-0.3, -0.25) is 0 Å². The first-order valence-corrected chi connectivity index (χ1v) is 0. The van der Waals surface area contributed by atoms with Crippen LogP contribution in [0.3, 0.4) is 0 Å². The van der Waals surface area contributed by atoms with Crippen LogP contribution in [0.25, 0.3) is 0 Å². The van der Waals surface area contributed by atoms with Gasteiger partial charge in [0, 0.05) is 81.8 Å². The summed E-state index contributed by atoms with van der Waals surface area (Å²) < 4.78 is 0. The van der Waals surface area contributed by atoms with Gasteiger partial charge in [0.2, 0.25) is 0 Å². The normalized spacial score (nSPS) is 0. The van der Waals surface area contributed by atoms with Crippen LogP contribution >= 0.6 is 0 Å². The van der Waals surface area contributed by atoms with Crippen molar-refractivity contribution in [1.29, 1.82) is 0 Å². The predicted molar refractivity (Wildman–Crippen MR) is 11.5 cm³/mol. The molecule has 0 saturated heterocycles. The van der Waals surface area contributed by atoms with Gasteiger partial charge in [-0.15, -0.1) is 0 Å². The fourth-order valence-corrected chi connectivity index (χ4v) is 0. The monoisotopic (exact) mass is 410 g/mol. The molecule has 0 N–H and O–H groups in total.